The molecule has 0 radical (unpaired) electrons. The van der Waals surface area contributed by atoms with E-state index in [2.05, 4.69) is 15.9 Å². The van der Waals surface area contributed by atoms with Gasteiger partial charge < -0.3 is 18.9 Å². The lowest BCUT2D eigenvalue weighted by molar-refractivity contribution is 0.0652. The topological polar surface area (TPSA) is 54.0 Å². The first-order chi connectivity index (χ1) is 14.6. The maximum Gasteiger partial charge on any atom is 0.202 e. The third-order valence-electron chi connectivity index (χ3n) is 4.44. The molecule has 3 aromatic rings. The number of alkyl halides is 1. The highest BCUT2D eigenvalue weighted by molar-refractivity contribution is 9.09. The molecule has 0 bridgehead atoms. The lowest BCUT2D eigenvalue weighted by Gasteiger charge is -2.12. The zero-order valence-corrected chi connectivity index (χ0v) is 18.4. The summed E-state index contributed by atoms with van der Waals surface area (Å²) in [6.07, 6.45) is 0. The molecule has 0 amide bonds. The number of Topliss-reactive ketones (excluding diaryl/α,β-unsaturated/α-hetero) is 1. The summed E-state index contributed by atoms with van der Waals surface area (Å²) in [5.41, 5.74) is 2.47. The first kappa shape index (κ1) is 21.9. The molecular formula is C24H23BrO5. The molecule has 6 heteroatoms. The molecule has 0 fully saturated rings. The molecule has 0 aliphatic heterocycles. The number of ketones is 1. The van der Waals surface area contributed by atoms with Crippen LogP contribution in [0.25, 0.3) is 0 Å². The van der Waals surface area contributed by atoms with Crippen molar-refractivity contribution in [2.24, 2.45) is 0 Å². The van der Waals surface area contributed by atoms with Gasteiger partial charge in [-0.1, -0.05) is 36.4 Å². The summed E-state index contributed by atoms with van der Waals surface area (Å²) in [6.45, 7) is 0.701. The van der Waals surface area contributed by atoms with Crippen molar-refractivity contribution in [1.29, 1.82) is 0 Å². The summed E-state index contributed by atoms with van der Waals surface area (Å²) in [5.74, 6) is 2.02. The highest BCUT2D eigenvalue weighted by Crippen LogP contribution is 2.21. The van der Waals surface area contributed by atoms with Crippen LogP contribution >= 0.6 is 15.9 Å². The number of methoxy groups -OCH3 is 2. The summed E-state index contributed by atoms with van der Waals surface area (Å²) in [5, 5.41) is -0.753. The fourth-order valence-electron chi connectivity index (χ4n) is 2.73. The zero-order chi connectivity index (χ0) is 21.3. The van der Waals surface area contributed by atoms with Crippen LogP contribution < -0.4 is 14.2 Å². The minimum absolute atomic E-state index is 0.168. The Morgan fingerprint density at radius 3 is 1.93 bits per heavy atom. The molecule has 0 spiro atoms. The molecule has 5 nitrogen and oxygen atoms in total. The van der Waals surface area contributed by atoms with Crippen LogP contribution in [-0.4, -0.2) is 25.0 Å². The van der Waals surface area contributed by atoms with Gasteiger partial charge in [-0.3, -0.25) is 4.79 Å². The molecule has 1 atom stereocenters. The van der Waals surface area contributed by atoms with E-state index in [0.29, 0.717) is 24.5 Å². The number of halogens is 1. The summed E-state index contributed by atoms with van der Waals surface area (Å²) in [7, 11) is 3.25. The van der Waals surface area contributed by atoms with Gasteiger partial charge in [0.05, 0.1) is 20.8 Å². The zero-order valence-electron chi connectivity index (χ0n) is 16.8. The van der Waals surface area contributed by atoms with Crippen LogP contribution in [0.5, 0.6) is 17.2 Å². The molecule has 3 rings (SSSR count). The van der Waals surface area contributed by atoms with E-state index in [4.69, 9.17) is 18.9 Å². The number of ether oxygens (including phenoxy) is 4. The predicted octanol–water partition coefficient (Wildman–Crippen LogP) is 5.40. The minimum atomic E-state index is -0.753. The van der Waals surface area contributed by atoms with Crippen molar-refractivity contribution in [2.75, 3.05) is 14.2 Å². The van der Waals surface area contributed by atoms with Crippen molar-refractivity contribution < 1.29 is 23.7 Å². The van der Waals surface area contributed by atoms with Crippen LogP contribution in [-0.2, 0) is 18.0 Å². The standard InChI is InChI=1S/C24H23BrO5/c1-27-20-10-6-17(7-11-20)15-29-22-5-3-4-19(14-22)23(26)24(25)30-16-18-8-12-21(28-2)13-9-18/h3-14,24H,15-16H2,1-2H3. The largest absolute Gasteiger partial charge is 0.497 e. The van der Waals surface area contributed by atoms with Gasteiger partial charge in [0.25, 0.3) is 0 Å². The van der Waals surface area contributed by atoms with Gasteiger partial charge in [-0.2, -0.15) is 0 Å². The van der Waals surface area contributed by atoms with E-state index in [1.807, 2.05) is 54.6 Å². The lowest BCUT2D eigenvalue weighted by Crippen LogP contribution is -2.17. The summed E-state index contributed by atoms with van der Waals surface area (Å²) < 4.78 is 21.8. The van der Waals surface area contributed by atoms with E-state index < -0.39 is 5.01 Å². The minimum Gasteiger partial charge on any atom is -0.497 e. The molecule has 0 saturated carbocycles. The Labute approximate surface area is 184 Å². The highest BCUT2D eigenvalue weighted by Gasteiger charge is 2.18. The summed E-state index contributed by atoms with van der Waals surface area (Å²) >= 11 is 3.33. The van der Waals surface area contributed by atoms with Gasteiger partial charge in [0.15, 0.2) is 5.01 Å². The van der Waals surface area contributed by atoms with E-state index >= 15 is 0 Å². The number of carbonyl (C=O) groups excluding carboxylic acids is 1. The van der Waals surface area contributed by atoms with Gasteiger partial charge in [0.1, 0.15) is 23.9 Å². The Kier molecular flexibility index (Phi) is 7.88. The van der Waals surface area contributed by atoms with Crippen LogP contribution in [0.3, 0.4) is 0 Å². The number of hydrogen-bond acceptors (Lipinski definition) is 5. The van der Waals surface area contributed by atoms with E-state index in [0.717, 1.165) is 22.6 Å². The fourth-order valence-corrected chi connectivity index (χ4v) is 3.12. The Morgan fingerprint density at radius 1 is 0.800 bits per heavy atom. The maximum absolute atomic E-state index is 12.7. The van der Waals surface area contributed by atoms with Gasteiger partial charge in [-0.15, -0.1) is 0 Å². The average molecular weight is 471 g/mol. The van der Waals surface area contributed by atoms with Crippen molar-refractivity contribution in [2.45, 2.75) is 18.2 Å². The van der Waals surface area contributed by atoms with E-state index in [-0.39, 0.29) is 5.78 Å². The number of hydrogen-bond donors (Lipinski definition) is 0. The number of benzene rings is 3. The average Bonchev–Trinajstić information content (AvgIpc) is 2.81. The summed E-state index contributed by atoms with van der Waals surface area (Å²) in [4.78, 5) is 12.7. The summed E-state index contributed by atoms with van der Waals surface area (Å²) in [6, 6.07) is 22.2. The van der Waals surface area contributed by atoms with Crippen molar-refractivity contribution in [3.8, 4) is 17.2 Å². The Balaban J connectivity index is 1.55. The second-order valence-corrected chi connectivity index (χ2v) is 7.34. The Bertz CT molecular complexity index is 954. The molecule has 0 saturated heterocycles. The monoisotopic (exact) mass is 470 g/mol. The highest BCUT2D eigenvalue weighted by atomic mass is 79.9. The SMILES string of the molecule is COc1ccc(COc2cccc(C(=O)C(Br)OCc3ccc(OC)cc3)c2)cc1. The predicted molar refractivity (Wildman–Crippen MR) is 119 cm³/mol. The second kappa shape index (κ2) is 10.8. The molecule has 0 aromatic heterocycles. The van der Waals surface area contributed by atoms with Gasteiger partial charge >= 0.3 is 0 Å². The second-order valence-electron chi connectivity index (χ2n) is 6.50. The van der Waals surface area contributed by atoms with Crippen molar-refractivity contribution in [3.63, 3.8) is 0 Å². The van der Waals surface area contributed by atoms with Crippen LogP contribution in [0.4, 0.5) is 0 Å². The van der Waals surface area contributed by atoms with Gasteiger partial charge in [0, 0.05) is 5.56 Å². The van der Waals surface area contributed by atoms with Crippen LogP contribution in [0.2, 0.25) is 0 Å². The molecule has 30 heavy (non-hydrogen) atoms. The van der Waals surface area contributed by atoms with E-state index in [1.165, 1.54) is 0 Å². The normalized spacial score (nSPS) is 11.6. The van der Waals surface area contributed by atoms with Crippen LogP contribution in [0, 0.1) is 0 Å². The lowest BCUT2D eigenvalue weighted by atomic mass is 10.1. The molecule has 1 unspecified atom stereocenters. The molecule has 0 aliphatic rings. The first-order valence-electron chi connectivity index (χ1n) is 9.37. The fraction of sp³-hybridized carbons (Fsp3) is 0.208. The third-order valence-corrected chi connectivity index (χ3v) is 5.12. The van der Waals surface area contributed by atoms with E-state index in [1.54, 1.807) is 32.4 Å². The number of carbonyl (C=O) groups is 1. The quantitative estimate of drug-likeness (QED) is 0.293. The van der Waals surface area contributed by atoms with Crippen LogP contribution in [0.15, 0.2) is 72.8 Å². The van der Waals surface area contributed by atoms with Gasteiger partial charge in [-0.05, 0) is 63.5 Å². The smallest absolute Gasteiger partial charge is 0.202 e. The van der Waals surface area contributed by atoms with Crippen LogP contribution in [0.1, 0.15) is 21.5 Å². The molecule has 0 N–H and O–H groups in total. The number of rotatable bonds is 10. The Hall–Kier alpha value is -2.83. The molecule has 156 valence electrons. The molecular weight excluding hydrogens is 448 g/mol. The van der Waals surface area contributed by atoms with E-state index in [9.17, 15) is 4.79 Å². The van der Waals surface area contributed by atoms with Gasteiger partial charge in [0.2, 0.25) is 5.78 Å². The Morgan fingerprint density at radius 2 is 1.37 bits per heavy atom. The third kappa shape index (κ3) is 6.08. The van der Waals surface area contributed by atoms with Crippen molar-refractivity contribution >= 4 is 21.7 Å². The first-order valence-corrected chi connectivity index (χ1v) is 10.3. The van der Waals surface area contributed by atoms with Crippen molar-refractivity contribution in [1.82, 2.24) is 0 Å². The molecule has 0 aliphatic carbocycles. The van der Waals surface area contributed by atoms with Crippen molar-refractivity contribution in [3.05, 3.63) is 89.5 Å². The maximum atomic E-state index is 12.7. The molecule has 0 heterocycles. The van der Waals surface area contributed by atoms with Gasteiger partial charge in [-0.25, -0.2) is 0 Å². The molecule has 3 aromatic carbocycles.